The monoisotopic (exact) mass is 516 g/mol. The summed E-state index contributed by atoms with van der Waals surface area (Å²) in [6.07, 6.45) is 0.223. The predicted molar refractivity (Wildman–Crippen MR) is 145 cm³/mol. The molecular weight excluding hydrogens is 480 g/mol. The van der Waals surface area contributed by atoms with E-state index in [4.69, 9.17) is 14.2 Å². The summed E-state index contributed by atoms with van der Waals surface area (Å²) in [5, 5.41) is 12.3. The molecule has 0 aliphatic carbocycles. The highest BCUT2D eigenvalue weighted by molar-refractivity contribution is 5.73. The Kier molecular flexibility index (Phi) is 8.83. The molecule has 2 aliphatic rings. The van der Waals surface area contributed by atoms with Gasteiger partial charge in [0.2, 0.25) is 5.91 Å². The molecule has 3 unspecified atom stereocenters. The number of benzene rings is 3. The zero-order valence-electron chi connectivity index (χ0n) is 21.8. The number of aliphatic hydroxyl groups excluding tert-OH is 1. The summed E-state index contributed by atoms with van der Waals surface area (Å²) in [6.45, 7) is 6.24. The van der Waals surface area contributed by atoms with Gasteiger partial charge >= 0.3 is 0 Å². The third-order valence-corrected chi connectivity index (χ3v) is 7.17. The van der Waals surface area contributed by atoms with E-state index in [-0.39, 0.29) is 24.7 Å². The van der Waals surface area contributed by atoms with Crippen LogP contribution in [0.1, 0.15) is 48.0 Å². The van der Waals surface area contributed by atoms with E-state index >= 15 is 0 Å². The number of amides is 1. The molecule has 0 spiro atoms. The molecule has 0 saturated carbocycles. The Labute approximate surface area is 224 Å². The summed E-state index contributed by atoms with van der Waals surface area (Å²) in [4.78, 5) is 13.7. The number of rotatable bonds is 8. The number of hydrogen-bond donors (Lipinski definition) is 2. The van der Waals surface area contributed by atoms with Gasteiger partial charge in [0.25, 0.3) is 0 Å². The van der Waals surface area contributed by atoms with Crippen LogP contribution < -0.4 is 5.32 Å². The summed E-state index contributed by atoms with van der Waals surface area (Å²) in [5.41, 5.74) is 6.20. The van der Waals surface area contributed by atoms with Crippen molar-refractivity contribution in [3.05, 3.63) is 95.1 Å². The molecule has 3 aromatic carbocycles. The summed E-state index contributed by atoms with van der Waals surface area (Å²) in [5.74, 6) is -0.0400. The fourth-order valence-electron chi connectivity index (χ4n) is 5.02. The normalized spacial score (nSPS) is 22.2. The third kappa shape index (κ3) is 6.87. The van der Waals surface area contributed by atoms with Gasteiger partial charge < -0.3 is 24.6 Å². The van der Waals surface area contributed by atoms with Crippen molar-refractivity contribution in [2.45, 2.75) is 45.0 Å². The van der Waals surface area contributed by atoms with E-state index in [1.807, 2.05) is 36.4 Å². The summed E-state index contributed by atoms with van der Waals surface area (Å²) >= 11 is 0. The largest absolute Gasteiger partial charge is 0.392 e. The molecule has 38 heavy (non-hydrogen) atoms. The van der Waals surface area contributed by atoms with Gasteiger partial charge in [-0.25, -0.2) is 0 Å². The number of carbonyl (C=O) groups is 1. The van der Waals surface area contributed by atoms with Crippen LogP contribution >= 0.6 is 0 Å². The minimum Gasteiger partial charge on any atom is -0.392 e. The standard InChI is InChI=1S/C31H36N2O5/c1-22(35)32-19-24-3-2-4-28(17-24)25-9-11-27(12-10-25)31-37-29(20-33-13-15-36-16-14-33)18-30(38-31)26-7-5-23(21-34)6-8-26/h2-12,17,29-31,34H,13-16,18-21H2,1H3,(H,32,35). The Bertz CT molecular complexity index is 1190. The second-order valence-corrected chi connectivity index (χ2v) is 10.00. The Morgan fingerprint density at radius 2 is 1.66 bits per heavy atom. The van der Waals surface area contributed by atoms with Crippen molar-refractivity contribution in [1.29, 1.82) is 0 Å². The summed E-state index contributed by atoms with van der Waals surface area (Å²) in [7, 11) is 0. The number of carbonyl (C=O) groups excluding carboxylic acids is 1. The van der Waals surface area contributed by atoms with E-state index in [0.717, 1.165) is 72.6 Å². The molecule has 0 aromatic heterocycles. The topological polar surface area (TPSA) is 80.3 Å². The van der Waals surface area contributed by atoms with Gasteiger partial charge in [-0.05, 0) is 33.9 Å². The average molecular weight is 517 g/mol. The van der Waals surface area contributed by atoms with Crippen molar-refractivity contribution in [3.63, 3.8) is 0 Å². The first-order valence-electron chi connectivity index (χ1n) is 13.3. The number of ether oxygens (including phenoxy) is 3. The molecular formula is C31H36N2O5. The lowest BCUT2D eigenvalue weighted by atomic mass is 9.99. The lowest BCUT2D eigenvalue weighted by molar-refractivity contribution is -0.253. The van der Waals surface area contributed by atoms with Crippen molar-refractivity contribution in [2.75, 3.05) is 32.8 Å². The fraction of sp³-hybridized carbons (Fsp3) is 0.387. The van der Waals surface area contributed by atoms with Crippen molar-refractivity contribution in [1.82, 2.24) is 10.2 Å². The van der Waals surface area contributed by atoms with E-state index in [1.165, 1.54) is 6.92 Å². The first kappa shape index (κ1) is 26.5. The number of morpholine rings is 1. The molecule has 0 bridgehead atoms. The lowest BCUT2D eigenvalue weighted by Crippen LogP contribution is -2.44. The van der Waals surface area contributed by atoms with Crippen LogP contribution in [-0.4, -0.2) is 54.9 Å². The molecule has 2 aliphatic heterocycles. The van der Waals surface area contributed by atoms with Crippen LogP contribution in [0.25, 0.3) is 11.1 Å². The highest BCUT2D eigenvalue weighted by Crippen LogP contribution is 2.38. The van der Waals surface area contributed by atoms with Gasteiger partial charge in [-0.1, -0.05) is 66.7 Å². The predicted octanol–water partition coefficient (Wildman–Crippen LogP) is 4.36. The number of hydrogen-bond acceptors (Lipinski definition) is 6. The van der Waals surface area contributed by atoms with Crippen molar-refractivity contribution >= 4 is 5.91 Å². The molecule has 0 radical (unpaired) electrons. The third-order valence-electron chi connectivity index (χ3n) is 7.17. The minimum absolute atomic E-state index is 0.0273. The zero-order chi connectivity index (χ0) is 26.3. The highest BCUT2D eigenvalue weighted by atomic mass is 16.7. The van der Waals surface area contributed by atoms with Crippen LogP contribution in [0.3, 0.4) is 0 Å². The van der Waals surface area contributed by atoms with E-state index in [2.05, 4.69) is 46.6 Å². The average Bonchev–Trinajstić information content (AvgIpc) is 2.97. The Hall–Kier alpha value is -3.07. The van der Waals surface area contributed by atoms with Gasteiger partial charge in [0.15, 0.2) is 6.29 Å². The molecule has 7 heteroatoms. The van der Waals surface area contributed by atoms with Crippen LogP contribution in [0.5, 0.6) is 0 Å². The molecule has 2 saturated heterocycles. The van der Waals surface area contributed by atoms with Gasteiger partial charge in [-0.3, -0.25) is 9.69 Å². The highest BCUT2D eigenvalue weighted by Gasteiger charge is 2.33. The van der Waals surface area contributed by atoms with E-state index in [1.54, 1.807) is 0 Å². The SMILES string of the molecule is CC(=O)NCc1cccc(-c2ccc(C3OC(CN4CCOCC4)CC(c4ccc(CO)cc4)O3)cc2)c1. The molecule has 3 atom stereocenters. The maximum atomic E-state index is 11.3. The molecule has 7 nitrogen and oxygen atoms in total. The maximum Gasteiger partial charge on any atom is 0.217 e. The van der Waals surface area contributed by atoms with Crippen LogP contribution in [0.2, 0.25) is 0 Å². The maximum absolute atomic E-state index is 11.3. The van der Waals surface area contributed by atoms with Gasteiger partial charge in [0, 0.05) is 45.1 Å². The quantitative estimate of drug-likeness (QED) is 0.463. The number of nitrogens with zero attached hydrogens (tertiary/aromatic N) is 1. The molecule has 2 fully saturated rings. The Morgan fingerprint density at radius 3 is 2.37 bits per heavy atom. The second kappa shape index (κ2) is 12.7. The molecule has 3 aromatic rings. The summed E-state index contributed by atoms with van der Waals surface area (Å²) < 4.78 is 18.5. The molecule has 200 valence electrons. The van der Waals surface area contributed by atoms with Gasteiger partial charge in [-0.15, -0.1) is 0 Å². The van der Waals surface area contributed by atoms with Crippen LogP contribution in [0.15, 0.2) is 72.8 Å². The second-order valence-electron chi connectivity index (χ2n) is 10.00. The number of aliphatic hydroxyl groups is 1. The minimum atomic E-state index is -0.475. The van der Waals surface area contributed by atoms with E-state index < -0.39 is 6.29 Å². The van der Waals surface area contributed by atoms with Crippen molar-refractivity contribution in [2.24, 2.45) is 0 Å². The van der Waals surface area contributed by atoms with Gasteiger partial charge in [0.1, 0.15) is 0 Å². The van der Waals surface area contributed by atoms with Crippen LogP contribution in [-0.2, 0) is 32.2 Å². The van der Waals surface area contributed by atoms with Crippen molar-refractivity contribution in [3.8, 4) is 11.1 Å². The smallest absolute Gasteiger partial charge is 0.217 e. The van der Waals surface area contributed by atoms with E-state index in [9.17, 15) is 9.90 Å². The lowest BCUT2D eigenvalue weighted by Gasteiger charge is -2.39. The van der Waals surface area contributed by atoms with Gasteiger partial charge in [-0.2, -0.15) is 0 Å². The molecule has 2 N–H and O–H groups in total. The molecule has 1 amide bonds. The first-order valence-corrected chi connectivity index (χ1v) is 13.3. The van der Waals surface area contributed by atoms with Crippen LogP contribution in [0.4, 0.5) is 0 Å². The van der Waals surface area contributed by atoms with Gasteiger partial charge in [0.05, 0.1) is 32.0 Å². The Morgan fingerprint density at radius 1 is 0.921 bits per heavy atom. The Balaban J connectivity index is 1.33. The zero-order valence-corrected chi connectivity index (χ0v) is 21.8. The number of nitrogens with one attached hydrogen (secondary N) is 1. The fourth-order valence-corrected chi connectivity index (χ4v) is 5.02. The van der Waals surface area contributed by atoms with Crippen LogP contribution in [0, 0.1) is 0 Å². The first-order chi connectivity index (χ1) is 18.6. The molecule has 2 heterocycles. The summed E-state index contributed by atoms with van der Waals surface area (Å²) in [6, 6.07) is 24.5. The van der Waals surface area contributed by atoms with Crippen molar-refractivity contribution < 1.29 is 24.1 Å². The molecule has 5 rings (SSSR count). The van der Waals surface area contributed by atoms with E-state index in [0.29, 0.717) is 6.54 Å².